The molecule has 0 radical (unpaired) electrons. The maximum Gasteiger partial charge on any atom is 0.295 e. The van der Waals surface area contributed by atoms with E-state index >= 15 is 0 Å². The van der Waals surface area contributed by atoms with Crippen LogP contribution >= 0.6 is 0 Å². The summed E-state index contributed by atoms with van der Waals surface area (Å²) in [5.41, 5.74) is 2.22. The van der Waals surface area contributed by atoms with Crippen LogP contribution in [0.3, 0.4) is 0 Å². The number of carbonyl (C=O) groups is 2. The molecule has 0 aromatic heterocycles. The topological polar surface area (TPSA) is 88.5 Å². The lowest BCUT2D eigenvalue weighted by molar-refractivity contribution is -0.140. The number of rotatable bonds is 13. The summed E-state index contributed by atoms with van der Waals surface area (Å²) in [6.07, 6.45) is 1.67. The molecule has 0 bridgehead atoms. The van der Waals surface area contributed by atoms with E-state index in [0.29, 0.717) is 61.3 Å². The minimum atomic E-state index is -0.766. The molecule has 8 heteroatoms. The second-order valence-corrected chi connectivity index (χ2v) is 11.1. The Kier molecular flexibility index (Phi) is 9.97. The number of likely N-dealkylation sites (N-methyl/N-ethyl adjacent to an activating group) is 1. The smallest absolute Gasteiger partial charge is 0.295 e. The molecule has 2 aliphatic rings. The van der Waals surface area contributed by atoms with Crippen molar-refractivity contribution in [1.29, 1.82) is 0 Å². The highest BCUT2D eigenvalue weighted by Gasteiger charge is 2.46. The summed E-state index contributed by atoms with van der Waals surface area (Å²) in [6.45, 7) is 15.9. The van der Waals surface area contributed by atoms with Crippen LogP contribution in [0.1, 0.15) is 70.7 Å². The van der Waals surface area contributed by atoms with E-state index in [1.54, 1.807) is 11.0 Å². The fraction of sp³-hybridized carbons (Fsp3) is 0.515. The van der Waals surface area contributed by atoms with Gasteiger partial charge in [-0.05, 0) is 80.7 Å². The summed E-state index contributed by atoms with van der Waals surface area (Å²) in [6, 6.07) is 10.2. The van der Waals surface area contributed by atoms with Gasteiger partial charge in [-0.1, -0.05) is 33.8 Å². The highest BCUT2D eigenvalue weighted by Crippen LogP contribution is 2.43. The lowest BCUT2D eigenvalue weighted by atomic mass is 9.94. The number of ether oxygens (including phenoxy) is 3. The Labute approximate surface area is 243 Å². The van der Waals surface area contributed by atoms with Crippen molar-refractivity contribution in [3.8, 4) is 17.2 Å². The maximum absolute atomic E-state index is 13.6. The van der Waals surface area contributed by atoms with Crippen LogP contribution in [0.15, 0.2) is 42.0 Å². The van der Waals surface area contributed by atoms with Gasteiger partial charge in [0.15, 0.2) is 11.5 Å². The number of ketones is 1. The van der Waals surface area contributed by atoms with E-state index in [1.165, 1.54) is 0 Å². The predicted molar refractivity (Wildman–Crippen MR) is 160 cm³/mol. The van der Waals surface area contributed by atoms with Crippen molar-refractivity contribution < 1.29 is 28.9 Å². The molecule has 222 valence electrons. The number of fused-ring (bicyclic) bond motifs is 1. The van der Waals surface area contributed by atoms with E-state index in [9.17, 15) is 14.7 Å². The number of carbonyl (C=O) groups excluding carboxylic acids is 2. The summed E-state index contributed by atoms with van der Waals surface area (Å²) in [4.78, 5) is 30.8. The van der Waals surface area contributed by atoms with Crippen LogP contribution in [0.5, 0.6) is 17.2 Å². The maximum atomic E-state index is 13.6. The molecule has 0 aliphatic carbocycles. The van der Waals surface area contributed by atoms with Crippen LogP contribution < -0.4 is 14.2 Å². The predicted octanol–water partition coefficient (Wildman–Crippen LogP) is 5.60. The van der Waals surface area contributed by atoms with Gasteiger partial charge in [-0.3, -0.25) is 9.59 Å². The Morgan fingerprint density at radius 1 is 1.07 bits per heavy atom. The highest BCUT2D eigenvalue weighted by atomic mass is 16.5. The molecule has 41 heavy (non-hydrogen) atoms. The Morgan fingerprint density at radius 3 is 2.51 bits per heavy atom. The lowest BCUT2D eigenvalue weighted by Crippen LogP contribution is -2.38. The molecular weight excluding hydrogens is 520 g/mol. The Hall–Kier alpha value is -3.52. The number of hydrogen-bond donors (Lipinski definition) is 1. The monoisotopic (exact) mass is 564 g/mol. The van der Waals surface area contributed by atoms with Crippen LogP contribution in [0.25, 0.3) is 5.76 Å². The van der Waals surface area contributed by atoms with Crippen molar-refractivity contribution in [3.63, 3.8) is 0 Å². The first-order valence-corrected chi connectivity index (χ1v) is 14.9. The van der Waals surface area contributed by atoms with E-state index in [-0.39, 0.29) is 17.4 Å². The molecule has 2 atom stereocenters. The first kappa shape index (κ1) is 30.4. The van der Waals surface area contributed by atoms with E-state index in [0.717, 1.165) is 30.8 Å². The van der Waals surface area contributed by atoms with Crippen molar-refractivity contribution in [1.82, 2.24) is 9.80 Å². The Balaban J connectivity index is 1.78. The summed E-state index contributed by atoms with van der Waals surface area (Å²) in [5.74, 6) is 0.959. The van der Waals surface area contributed by atoms with Gasteiger partial charge in [0.25, 0.3) is 11.7 Å². The number of amides is 1. The van der Waals surface area contributed by atoms with Gasteiger partial charge in [0.2, 0.25) is 0 Å². The average molecular weight is 565 g/mol. The van der Waals surface area contributed by atoms with Gasteiger partial charge in [0.05, 0.1) is 24.8 Å². The minimum Gasteiger partial charge on any atom is -0.507 e. The average Bonchev–Trinajstić information content (AvgIpc) is 3.44. The van der Waals surface area contributed by atoms with Crippen LogP contribution in [0.4, 0.5) is 0 Å². The standard InChI is InChI=1S/C33H44N2O6/c1-7-34(8-2)15-16-35-30(23-10-13-27(28(20-23)39-9-3)40-17-14-21(4)5)29(32(37)33(35)38)31(36)24-11-12-26-25(19-24)18-22(6)41-26/h10-13,19-22,30,36H,7-9,14-18H2,1-6H3/t22-,30-/m0/s1. The van der Waals surface area contributed by atoms with Crippen LogP contribution in [-0.2, 0) is 16.0 Å². The third-order valence-electron chi connectivity index (χ3n) is 7.80. The van der Waals surface area contributed by atoms with Gasteiger partial charge in [0.1, 0.15) is 17.6 Å². The second kappa shape index (κ2) is 13.4. The summed E-state index contributed by atoms with van der Waals surface area (Å²) < 4.78 is 17.8. The van der Waals surface area contributed by atoms with E-state index in [4.69, 9.17) is 14.2 Å². The number of hydrogen-bond acceptors (Lipinski definition) is 7. The van der Waals surface area contributed by atoms with Crippen LogP contribution in [-0.4, -0.2) is 72.1 Å². The van der Waals surface area contributed by atoms with E-state index in [2.05, 4.69) is 32.6 Å². The lowest BCUT2D eigenvalue weighted by Gasteiger charge is -2.28. The molecule has 0 saturated carbocycles. The molecular formula is C33H44N2O6. The zero-order valence-electron chi connectivity index (χ0n) is 25.2. The highest BCUT2D eigenvalue weighted by molar-refractivity contribution is 6.46. The van der Waals surface area contributed by atoms with E-state index < -0.39 is 17.7 Å². The zero-order chi connectivity index (χ0) is 29.7. The number of aliphatic hydroxyl groups is 1. The first-order chi connectivity index (χ1) is 19.7. The molecule has 4 rings (SSSR count). The fourth-order valence-electron chi connectivity index (χ4n) is 5.46. The summed E-state index contributed by atoms with van der Waals surface area (Å²) >= 11 is 0. The molecule has 2 aliphatic heterocycles. The van der Waals surface area contributed by atoms with Gasteiger partial charge in [-0.15, -0.1) is 0 Å². The molecule has 8 nitrogen and oxygen atoms in total. The molecule has 1 saturated heterocycles. The SMILES string of the molecule is CCOc1cc([C@H]2C(=C(O)c3ccc4c(c3)C[C@H](C)O4)C(=O)C(=O)N2CCN(CC)CC)ccc1OCCC(C)C. The number of nitrogens with zero attached hydrogens (tertiary/aromatic N) is 2. The number of benzene rings is 2. The summed E-state index contributed by atoms with van der Waals surface area (Å²) in [5, 5.41) is 11.6. The Bertz CT molecular complexity index is 1280. The molecule has 1 fully saturated rings. The van der Waals surface area contributed by atoms with Crippen molar-refractivity contribution in [2.45, 2.75) is 66.5 Å². The molecule has 2 heterocycles. The van der Waals surface area contributed by atoms with Crippen LogP contribution in [0.2, 0.25) is 0 Å². The molecule has 0 spiro atoms. The second-order valence-electron chi connectivity index (χ2n) is 11.1. The third kappa shape index (κ3) is 6.70. The number of aliphatic hydroxyl groups excluding tert-OH is 1. The quantitative estimate of drug-likeness (QED) is 0.193. The van der Waals surface area contributed by atoms with Crippen molar-refractivity contribution in [2.75, 3.05) is 39.4 Å². The molecule has 1 N–H and O–H groups in total. The molecule has 1 amide bonds. The zero-order valence-corrected chi connectivity index (χ0v) is 25.2. The van der Waals surface area contributed by atoms with Crippen molar-refractivity contribution >= 4 is 17.4 Å². The molecule has 0 unspecified atom stereocenters. The number of likely N-dealkylation sites (tertiary alicyclic amines) is 1. The van der Waals surface area contributed by atoms with Gasteiger partial charge in [0, 0.05) is 25.1 Å². The van der Waals surface area contributed by atoms with E-state index in [1.807, 2.05) is 44.2 Å². The van der Waals surface area contributed by atoms with Crippen molar-refractivity contribution in [2.24, 2.45) is 5.92 Å². The van der Waals surface area contributed by atoms with Gasteiger partial charge in [-0.2, -0.15) is 0 Å². The number of Topliss-reactive ketones (excluding diaryl/α,β-unsaturated/α-hetero) is 1. The largest absolute Gasteiger partial charge is 0.507 e. The van der Waals surface area contributed by atoms with Crippen molar-refractivity contribution in [3.05, 3.63) is 58.7 Å². The fourth-order valence-corrected chi connectivity index (χ4v) is 5.46. The normalized spacial score (nSPS) is 19.7. The van der Waals surface area contributed by atoms with Gasteiger partial charge in [-0.25, -0.2) is 0 Å². The van der Waals surface area contributed by atoms with Crippen LogP contribution in [0, 0.1) is 5.92 Å². The van der Waals surface area contributed by atoms with Gasteiger partial charge >= 0.3 is 0 Å². The third-order valence-corrected chi connectivity index (χ3v) is 7.80. The first-order valence-electron chi connectivity index (χ1n) is 14.9. The Morgan fingerprint density at radius 2 is 1.83 bits per heavy atom. The summed E-state index contributed by atoms with van der Waals surface area (Å²) in [7, 11) is 0. The molecule has 2 aromatic rings. The molecule has 2 aromatic carbocycles. The minimum absolute atomic E-state index is 0.0475. The van der Waals surface area contributed by atoms with Gasteiger partial charge < -0.3 is 29.1 Å².